The van der Waals surface area contributed by atoms with E-state index in [0.717, 1.165) is 12.0 Å². The van der Waals surface area contributed by atoms with Gasteiger partial charge in [0.25, 0.3) is 0 Å². The van der Waals surface area contributed by atoms with Gasteiger partial charge in [-0.1, -0.05) is 42.7 Å². The number of nitrogens with one attached hydrogen (secondary N) is 1. The Kier molecular flexibility index (Phi) is 4.61. The molecule has 1 atom stereocenters. The molecule has 1 fully saturated rings. The second-order valence-corrected chi connectivity index (χ2v) is 5.46. The molecule has 0 heterocycles. The van der Waals surface area contributed by atoms with Crippen LogP contribution in [-0.2, 0) is 6.42 Å². The zero-order chi connectivity index (χ0) is 12.1. The van der Waals surface area contributed by atoms with E-state index in [1.807, 2.05) is 0 Å². The molecule has 94 valence electrons. The Hall–Kier alpha value is -0.820. The average Bonchev–Trinajstić information content (AvgIpc) is 2.86. The number of benzene rings is 1. The van der Waals surface area contributed by atoms with Gasteiger partial charge in [-0.3, -0.25) is 0 Å². The van der Waals surface area contributed by atoms with Gasteiger partial charge in [-0.05, 0) is 51.1 Å². The van der Waals surface area contributed by atoms with Crippen LogP contribution in [-0.4, -0.2) is 13.1 Å². The molecule has 1 aromatic rings. The van der Waals surface area contributed by atoms with Crippen LogP contribution in [0.3, 0.4) is 0 Å². The molecule has 1 aliphatic rings. The summed E-state index contributed by atoms with van der Waals surface area (Å²) >= 11 is 0. The van der Waals surface area contributed by atoms with Crippen molar-refractivity contribution in [2.75, 3.05) is 7.05 Å². The van der Waals surface area contributed by atoms with Crippen LogP contribution in [0.2, 0.25) is 0 Å². The second kappa shape index (κ2) is 6.20. The van der Waals surface area contributed by atoms with Crippen LogP contribution in [0, 0.1) is 12.8 Å². The highest BCUT2D eigenvalue weighted by atomic mass is 14.9. The molecule has 0 spiro atoms. The highest BCUT2D eigenvalue weighted by Gasteiger charge is 2.23. The van der Waals surface area contributed by atoms with Crippen LogP contribution >= 0.6 is 0 Å². The Bertz CT molecular complexity index is 322. The fourth-order valence-corrected chi connectivity index (χ4v) is 3.05. The molecule has 1 unspecified atom stereocenters. The van der Waals surface area contributed by atoms with Gasteiger partial charge in [0.2, 0.25) is 0 Å². The largest absolute Gasteiger partial charge is 0.317 e. The first kappa shape index (κ1) is 12.6. The normalized spacial score (nSPS) is 18.5. The molecule has 1 saturated carbocycles. The fraction of sp³-hybridized carbons (Fsp3) is 0.625. The number of hydrogen-bond donors (Lipinski definition) is 1. The van der Waals surface area contributed by atoms with Gasteiger partial charge in [0.15, 0.2) is 0 Å². The third-order valence-corrected chi connectivity index (χ3v) is 4.20. The molecular formula is C16H25N. The highest BCUT2D eigenvalue weighted by Crippen LogP contribution is 2.29. The van der Waals surface area contributed by atoms with Crippen molar-refractivity contribution in [2.45, 2.75) is 51.5 Å². The molecule has 1 N–H and O–H groups in total. The predicted octanol–water partition coefficient (Wildman–Crippen LogP) is 3.71. The van der Waals surface area contributed by atoms with Crippen molar-refractivity contribution in [3.05, 3.63) is 35.4 Å². The third kappa shape index (κ3) is 3.57. The first-order valence-electron chi connectivity index (χ1n) is 7.02. The zero-order valence-corrected chi connectivity index (χ0v) is 11.2. The first-order valence-corrected chi connectivity index (χ1v) is 7.02. The summed E-state index contributed by atoms with van der Waals surface area (Å²) in [4.78, 5) is 0. The summed E-state index contributed by atoms with van der Waals surface area (Å²) in [6.45, 7) is 2.15. The van der Waals surface area contributed by atoms with Gasteiger partial charge in [0.05, 0.1) is 0 Å². The molecule has 0 amide bonds. The van der Waals surface area contributed by atoms with Gasteiger partial charge in [-0.15, -0.1) is 0 Å². The second-order valence-electron chi connectivity index (χ2n) is 5.46. The lowest BCUT2D eigenvalue weighted by atomic mass is 9.92. The lowest BCUT2D eigenvalue weighted by molar-refractivity contribution is 0.360. The van der Waals surface area contributed by atoms with E-state index in [-0.39, 0.29) is 0 Å². The minimum absolute atomic E-state index is 0.721. The SMILES string of the molecule is CNC(CCc1ccc(C)cc1)C1CCCC1. The monoisotopic (exact) mass is 231 g/mol. The van der Waals surface area contributed by atoms with Gasteiger partial charge in [-0.25, -0.2) is 0 Å². The topological polar surface area (TPSA) is 12.0 Å². The zero-order valence-electron chi connectivity index (χ0n) is 11.2. The van der Waals surface area contributed by atoms with Crippen molar-refractivity contribution in [1.82, 2.24) is 5.32 Å². The number of hydrogen-bond acceptors (Lipinski definition) is 1. The van der Waals surface area contributed by atoms with E-state index in [9.17, 15) is 0 Å². The molecule has 2 rings (SSSR count). The van der Waals surface area contributed by atoms with E-state index < -0.39 is 0 Å². The van der Waals surface area contributed by atoms with Crippen LogP contribution in [0.25, 0.3) is 0 Å². The summed E-state index contributed by atoms with van der Waals surface area (Å²) < 4.78 is 0. The van der Waals surface area contributed by atoms with Crippen LogP contribution in [0.15, 0.2) is 24.3 Å². The van der Waals surface area contributed by atoms with E-state index in [1.165, 1.54) is 49.7 Å². The molecule has 0 bridgehead atoms. The van der Waals surface area contributed by atoms with Crippen molar-refractivity contribution >= 4 is 0 Å². The molecule has 1 heteroatoms. The lowest BCUT2D eigenvalue weighted by Gasteiger charge is -2.22. The van der Waals surface area contributed by atoms with E-state index in [0.29, 0.717) is 0 Å². The fourth-order valence-electron chi connectivity index (χ4n) is 3.05. The van der Waals surface area contributed by atoms with Crippen LogP contribution in [0.1, 0.15) is 43.2 Å². The minimum Gasteiger partial charge on any atom is -0.317 e. The molecule has 0 aromatic heterocycles. The summed E-state index contributed by atoms with van der Waals surface area (Å²) in [7, 11) is 2.12. The smallest absolute Gasteiger partial charge is 0.00954 e. The summed E-state index contributed by atoms with van der Waals surface area (Å²) in [5, 5.41) is 3.53. The summed E-state index contributed by atoms with van der Waals surface area (Å²) in [5.41, 5.74) is 2.84. The Labute approximate surface area is 106 Å². The Morgan fingerprint density at radius 2 is 1.82 bits per heavy atom. The molecule has 0 radical (unpaired) electrons. The van der Waals surface area contributed by atoms with E-state index >= 15 is 0 Å². The van der Waals surface area contributed by atoms with E-state index in [4.69, 9.17) is 0 Å². The van der Waals surface area contributed by atoms with Crippen molar-refractivity contribution in [1.29, 1.82) is 0 Å². The quantitative estimate of drug-likeness (QED) is 0.814. The third-order valence-electron chi connectivity index (χ3n) is 4.20. The van der Waals surface area contributed by atoms with Crippen molar-refractivity contribution in [2.24, 2.45) is 5.92 Å². The van der Waals surface area contributed by atoms with Gasteiger partial charge in [0, 0.05) is 6.04 Å². The molecule has 0 saturated heterocycles. The van der Waals surface area contributed by atoms with Crippen molar-refractivity contribution in [3.8, 4) is 0 Å². The van der Waals surface area contributed by atoms with Crippen LogP contribution < -0.4 is 5.32 Å². The number of aryl methyl sites for hydroxylation is 2. The van der Waals surface area contributed by atoms with Crippen LogP contribution in [0.5, 0.6) is 0 Å². The van der Waals surface area contributed by atoms with Crippen LogP contribution in [0.4, 0.5) is 0 Å². The van der Waals surface area contributed by atoms with E-state index in [2.05, 4.69) is 43.6 Å². The molecular weight excluding hydrogens is 206 g/mol. The van der Waals surface area contributed by atoms with Crippen molar-refractivity contribution < 1.29 is 0 Å². The standard InChI is InChI=1S/C16H25N/c1-13-7-9-14(10-8-13)11-12-16(17-2)15-5-3-4-6-15/h7-10,15-17H,3-6,11-12H2,1-2H3. The summed E-state index contributed by atoms with van der Waals surface area (Å²) in [6, 6.07) is 9.71. The maximum absolute atomic E-state index is 3.53. The van der Waals surface area contributed by atoms with Gasteiger partial charge >= 0.3 is 0 Å². The maximum Gasteiger partial charge on any atom is 0.00954 e. The highest BCUT2D eigenvalue weighted by molar-refractivity contribution is 5.21. The molecule has 17 heavy (non-hydrogen) atoms. The minimum atomic E-state index is 0.721. The molecule has 1 nitrogen and oxygen atoms in total. The molecule has 1 aliphatic carbocycles. The Balaban J connectivity index is 1.84. The first-order chi connectivity index (χ1) is 8.29. The van der Waals surface area contributed by atoms with Gasteiger partial charge < -0.3 is 5.32 Å². The number of rotatable bonds is 5. The van der Waals surface area contributed by atoms with Gasteiger partial charge in [0.1, 0.15) is 0 Å². The summed E-state index contributed by atoms with van der Waals surface area (Å²) in [6.07, 6.45) is 8.23. The average molecular weight is 231 g/mol. The predicted molar refractivity (Wildman–Crippen MR) is 74.3 cm³/mol. The van der Waals surface area contributed by atoms with Crippen molar-refractivity contribution in [3.63, 3.8) is 0 Å². The Morgan fingerprint density at radius 3 is 2.41 bits per heavy atom. The molecule has 1 aromatic carbocycles. The summed E-state index contributed by atoms with van der Waals surface area (Å²) in [5.74, 6) is 0.922. The van der Waals surface area contributed by atoms with Gasteiger partial charge in [-0.2, -0.15) is 0 Å². The maximum atomic E-state index is 3.53. The lowest BCUT2D eigenvalue weighted by Crippen LogP contribution is -2.32. The Morgan fingerprint density at radius 1 is 1.18 bits per heavy atom. The van der Waals surface area contributed by atoms with E-state index in [1.54, 1.807) is 0 Å². The molecule has 0 aliphatic heterocycles.